The standard InChI is InChI=1S/C13H15BrN4O2S/c1-9-6-10(8-15-2)7-11(13(9)14)21(19,20)18-12-4-3-5-16-17-12/h3-7,15H,8H2,1-2H3,(H,17,18). The Kier molecular flexibility index (Phi) is 4.92. The lowest BCUT2D eigenvalue weighted by Crippen LogP contribution is -2.16. The van der Waals surface area contributed by atoms with Crippen molar-refractivity contribution < 1.29 is 8.42 Å². The molecule has 0 saturated carbocycles. The van der Waals surface area contributed by atoms with E-state index >= 15 is 0 Å². The lowest BCUT2D eigenvalue weighted by molar-refractivity contribution is 0.600. The summed E-state index contributed by atoms with van der Waals surface area (Å²) < 4.78 is 28.0. The van der Waals surface area contributed by atoms with E-state index in [2.05, 4.69) is 36.2 Å². The van der Waals surface area contributed by atoms with Crippen molar-refractivity contribution in [1.82, 2.24) is 15.5 Å². The summed E-state index contributed by atoms with van der Waals surface area (Å²) in [7, 11) is -1.93. The summed E-state index contributed by atoms with van der Waals surface area (Å²) in [6.45, 7) is 2.44. The maximum atomic E-state index is 12.5. The number of sulfonamides is 1. The van der Waals surface area contributed by atoms with E-state index in [0.717, 1.165) is 11.1 Å². The van der Waals surface area contributed by atoms with Gasteiger partial charge in [0.05, 0.1) is 0 Å². The molecule has 112 valence electrons. The molecule has 6 nitrogen and oxygen atoms in total. The Bertz CT molecular complexity index is 735. The molecular weight excluding hydrogens is 356 g/mol. The number of hydrogen-bond donors (Lipinski definition) is 2. The number of hydrogen-bond acceptors (Lipinski definition) is 5. The molecule has 0 radical (unpaired) electrons. The van der Waals surface area contributed by atoms with Crippen LogP contribution in [0.3, 0.4) is 0 Å². The summed E-state index contributed by atoms with van der Waals surface area (Å²) in [5, 5.41) is 10.4. The van der Waals surface area contributed by atoms with Gasteiger partial charge in [-0.15, -0.1) is 5.10 Å². The zero-order valence-corrected chi connectivity index (χ0v) is 14.0. The molecule has 0 bridgehead atoms. The highest BCUT2D eigenvalue weighted by Gasteiger charge is 2.20. The van der Waals surface area contributed by atoms with Gasteiger partial charge in [-0.1, -0.05) is 6.07 Å². The van der Waals surface area contributed by atoms with Crippen LogP contribution in [0.4, 0.5) is 5.82 Å². The molecule has 0 unspecified atom stereocenters. The second-order valence-corrected chi connectivity index (χ2v) is 6.91. The lowest BCUT2D eigenvalue weighted by atomic mass is 10.1. The fourth-order valence-corrected chi connectivity index (χ4v) is 3.93. The molecule has 0 fully saturated rings. The Labute approximate surface area is 132 Å². The summed E-state index contributed by atoms with van der Waals surface area (Å²) in [4.78, 5) is 0.179. The summed E-state index contributed by atoms with van der Waals surface area (Å²) in [5.74, 6) is 0.182. The van der Waals surface area contributed by atoms with Crippen LogP contribution in [0.5, 0.6) is 0 Å². The summed E-state index contributed by atoms with van der Waals surface area (Å²) in [6, 6.07) is 6.72. The van der Waals surface area contributed by atoms with Gasteiger partial charge in [-0.25, -0.2) is 8.42 Å². The van der Waals surface area contributed by atoms with Crippen molar-refractivity contribution in [3.05, 3.63) is 46.1 Å². The number of benzene rings is 1. The predicted octanol–water partition coefficient (Wildman–Crippen LogP) is 2.07. The van der Waals surface area contributed by atoms with Crippen LogP contribution >= 0.6 is 15.9 Å². The summed E-state index contributed by atoms with van der Waals surface area (Å²) in [5.41, 5.74) is 1.74. The van der Waals surface area contributed by atoms with Crippen LogP contribution in [0.1, 0.15) is 11.1 Å². The molecule has 0 amide bonds. The summed E-state index contributed by atoms with van der Waals surface area (Å²) in [6.07, 6.45) is 1.48. The number of nitrogens with one attached hydrogen (secondary N) is 2. The van der Waals surface area contributed by atoms with E-state index in [1.165, 1.54) is 6.20 Å². The summed E-state index contributed by atoms with van der Waals surface area (Å²) >= 11 is 3.34. The van der Waals surface area contributed by atoms with Crippen molar-refractivity contribution in [3.63, 3.8) is 0 Å². The van der Waals surface area contributed by atoms with Crippen molar-refractivity contribution in [2.24, 2.45) is 0 Å². The molecule has 0 aliphatic rings. The first-order valence-electron chi connectivity index (χ1n) is 6.18. The van der Waals surface area contributed by atoms with Crippen LogP contribution in [0.25, 0.3) is 0 Å². The number of aromatic nitrogens is 2. The highest BCUT2D eigenvalue weighted by atomic mass is 79.9. The van der Waals surface area contributed by atoms with Gasteiger partial charge in [0.2, 0.25) is 0 Å². The van der Waals surface area contributed by atoms with E-state index in [9.17, 15) is 8.42 Å². The SMILES string of the molecule is CNCc1cc(C)c(Br)c(S(=O)(=O)Nc2cccnn2)c1. The van der Waals surface area contributed by atoms with E-state index in [1.54, 1.807) is 18.2 Å². The number of nitrogens with zero attached hydrogens (tertiary/aromatic N) is 2. The van der Waals surface area contributed by atoms with Crippen LogP contribution in [0, 0.1) is 6.92 Å². The number of aryl methyl sites for hydroxylation is 1. The maximum absolute atomic E-state index is 12.5. The minimum absolute atomic E-state index is 0.179. The van der Waals surface area contributed by atoms with E-state index in [0.29, 0.717) is 11.0 Å². The highest BCUT2D eigenvalue weighted by Crippen LogP contribution is 2.28. The first-order valence-corrected chi connectivity index (χ1v) is 8.46. The molecule has 0 atom stereocenters. The van der Waals surface area contributed by atoms with Crippen molar-refractivity contribution in [3.8, 4) is 0 Å². The lowest BCUT2D eigenvalue weighted by Gasteiger charge is -2.12. The Balaban J connectivity index is 2.44. The molecule has 0 aliphatic heterocycles. The second kappa shape index (κ2) is 6.50. The number of halogens is 1. The highest BCUT2D eigenvalue weighted by molar-refractivity contribution is 9.10. The number of rotatable bonds is 5. The third-order valence-electron chi connectivity index (χ3n) is 2.76. The normalized spacial score (nSPS) is 11.4. The third kappa shape index (κ3) is 3.78. The zero-order valence-electron chi connectivity index (χ0n) is 11.6. The Morgan fingerprint density at radius 2 is 2.10 bits per heavy atom. The molecule has 2 N–H and O–H groups in total. The van der Waals surface area contributed by atoms with Crippen LogP contribution in [0.2, 0.25) is 0 Å². The van der Waals surface area contributed by atoms with Crippen molar-refractivity contribution >= 4 is 31.8 Å². The average molecular weight is 371 g/mol. The van der Waals surface area contributed by atoms with Gasteiger partial charge >= 0.3 is 0 Å². The molecule has 8 heteroatoms. The van der Waals surface area contributed by atoms with Gasteiger partial charge in [0.1, 0.15) is 4.90 Å². The number of anilines is 1. The molecule has 21 heavy (non-hydrogen) atoms. The van der Waals surface area contributed by atoms with Crippen molar-refractivity contribution in [2.45, 2.75) is 18.4 Å². The molecule has 1 heterocycles. The van der Waals surface area contributed by atoms with Gasteiger partial charge in [-0.3, -0.25) is 4.72 Å². The van der Waals surface area contributed by atoms with Crippen LogP contribution in [0.15, 0.2) is 39.8 Å². The molecule has 0 spiro atoms. The Morgan fingerprint density at radius 3 is 2.71 bits per heavy atom. The van der Waals surface area contributed by atoms with Crippen LogP contribution in [-0.4, -0.2) is 25.7 Å². The quantitative estimate of drug-likeness (QED) is 0.841. The zero-order chi connectivity index (χ0) is 15.5. The molecular formula is C13H15BrN4O2S. The maximum Gasteiger partial charge on any atom is 0.264 e. The van der Waals surface area contributed by atoms with Crippen molar-refractivity contribution in [2.75, 3.05) is 11.8 Å². The topological polar surface area (TPSA) is 84.0 Å². The van der Waals surface area contributed by atoms with E-state index in [4.69, 9.17) is 0 Å². The predicted molar refractivity (Wildman–Crippen MR) is 84.5 cm³/mol. The van der Waals surface area contributed by atoms with E-state index in [1.807, 2.05) is 20.0 Å². The van der Waals surface area contributed by atoms with Gasteiger partial charge in [0.15, 0.2) is 5.82 Å². The Hall–Kier alpha value is -1.51. The van der Waals surface area contributed by atoms with Gasteiger partial charge in [0.25, 0.3) is 10.0 Å². The first kappa shape index (κ1) is 15.9. The Morgan fingerprint density at radius 1 is 1.33 bits per heavy atom. The van der Waals surface area contributed by atoms with Crippen LogP contribution in [-0.2, 0) is 16.6 Å². The first-order chi connectivity index (χ1) is 9.94. The largest absolute Gasteiger partial charge is 0.316 e. The molecule has 2 aromatic rings. The molecule has 2 rings (SSSR count). The average Bonchev–Trinajstić information content (AvgIpc) is 2.43. The monoisotopic (exact) mass is 370 g/mol. The van der Waals surface area contributed by atoms with Gasteiger partial charge < -0.3 is 5.32 Å². The molecule has 1 aromatic heterocycles. The minimum Gasteiger partial charge on any atom is -0.316 e. The van der Waals surface area contributed by atoms with Gasteiger partial charge in [-0.05, 0) is 59.2 Å². The van der Waals surface area contributed by atoms with Crippen molar-refractivity contribution in [1.29, 1.82) is 0 Å². The third-order valence-corrected chi connectivity index (χ3v) is 5.46. The van der Waals surface area contributed by atoms with Crippen LogP contribution < -0.4 is 10.0 Å². The molecule has 1 aromatic carbocycles. The fraction of sp³-hybridized carbons (Fsp3) is 0.231. The molecule has 0 saturated heterocycles. The minimum atomic E-state index is -3.73. The van der Waals surface area contributed by atoms with Gasteiger partial charge in [0, 0.05) is 17.2 Å². The van der Waals surface area contributed by atoms with E-state index < -0.39 is 10.0 Å². The molecule has 0 aliphatic carbocycles. The van der Waals surface area contributed by atoms with Gasteiger partial charge in [-0.2, -0.15) is 5.10 Å². The second-order valence-electron chi connectivity index (χ2n) is 4.47. The van der Waals surface area contributed by atoms with E-state index in [-0.39, 0.29) is 10.7 Å². The fourth-order valence-electron chi connectivity index (χ4n) is 1.86. The smallest absolute Gasteiger partial charge is 0.264 e.